The minimum absolute atomic E-state index is 0.0684. The Kier molecular flexibility index (Phi) is 8.58. The zero-order valence-corrected chi connectivity index (χ0v) is 25.9. The second-order valence-corrected chi connectivity index (χ2v) is 11.3. The van der Waals surface area contributed by atoms with Crippen LogP contribution in [0, 0.1) is 6.92 Å². The Morgan fingerprint density at radius 2 is 1.74 bits per heavy atom. The molecule has 2 heterocycles. The molecule has 2 amide bonds. The van der Waals surface area contributed by atoms with Gasteiger partial charge in [-0.3, -0.25) is 19.1 Å². The lowest BCUT2D eigenvalue weighted by Gasteiger charge is -2.14. The van der Waals surface area contributed by atoms with E-state index in [4.69, 9.17) is 21.3 Å². The van der Waals surface area contributed by atoms with Crippen molar-refractivity contribution in [3.05, 3.63) is 106 Å². The van der Waals surface area contributed by atoms with E-state index in [1.165, 1.54) is 6.07 Å². The van der Waals surface area contributed by atoms with Crippen molar-refractivity contribution in [2.45, 2.75) is 25.8 Å². The number of benzene rings is 4. The van der Waals surface area contributed by atoms with Gasteiger partial charge in [-0.05, 0) is 66.8 Å². The molecule has 5 aromatic rings. The zero-order valence-electron chi connectivity index (χ0n) is 25.1. The van der Waals surface area contributed by atoms with Gasteiger partial charge in [-0.25, -0.2) is 0 Å². The topological polar surface area (TPSA) is 151 Å². The first-order chi connectivity index (χ1) is 22.2. The van der Waals surface area contributed by atoms with Gasteiger partial charge in [0.15, 0.2) is 17.3 Å². The van der Waals surface area contributed by atoms with E-state index in [-0.39, 0.29) is 36.3 Å². The standard InChI is InChI=1S/C34H31ClN6O5/c1-19-39-40-34-27(38-32(22-5-8-23(35)9-6-22)26-16-24(46-2)10-11-28(26)41(19)34)17-30(43)37-18-31(44)36-14-13-20-3-4-21-7-12-29(42)33(45)25(21)15-20/h3-12,15-16,27,42,45H,13-14,17-18H2,1-2H3,(H,36,44)(H,37,43)/t27-/m0/s1. The van der Waals surface area contributed by atoms with Crippen molar-refractivity contribution in [3.8, 4) is 22.9 Å². The number of hydrogen-bond acceptors (Lipinski definition) is 8. The van der Waals surface area contributed by atoms with Crippen molar-refractivity contribution in [1.29, 1.82) is 0 Å². The quantitative estimate of drug-likeness (QED) is 0.173. The van der Waals surface area contributed by atoms with Crippen molar-refractivity contribution in [2.75, 3.05) is 20.2 Å². The number of phenolic OH excluding ortho intramolecular Hbond substituents is 2. The highest BCUT2D eigenvalue weighted by Crippen LogP contribution is 2.35. The normalized spacial score (nSPS) is 13.7. The molecule has 4 N–H and O–H groups in total. The van der Waals surface area contributed by atoms with Crippen molar-refractivity contribution in [3.63, 3.8) is 0 Å². The van der Waals surface area contributed by atoms with Gasteiger partial charge in [0.05, 0.1) is 31.5 Å². The Labute approximate surface area is 269 Å². The fourth-order valence-electron chi connectivity index (χ4n) is 5.51. The van der Waals surface area contributed by atoms with E-state index in [1.54, 1.807) is 31.4 Å². The minimum Gasteiger partial charge on any atom is -0.504 e. The Morgan fingerprint density at radius 1 is 0.957 bits per heavy atom. The summed E-state index contributed by atoms with van der Waals surface area (Å²) in [5, 5.41) is 36.1. The Balaban J connectivity index is 1.15. The SMILES string of the molecule is COc1ccc2c(c1)C(c1ccc(Cl)cc1)=N[C@@H](CC(=O)NCC(=O)NCCc1ccc3ccc(O)c(O)c3c1)c1nnc(C)n1-2. The number of phenols is 2. The van der Waals surface area contributed by atoms with E-state index in [9.17, 15) is 19.8 Å². The molecule has 0 saturated carbocycles. The van der Waals surface area contributed by atoms with E-state index < -0.39 is 6.04 Å². The van der Waals surface area contributed by atoms with Gasteiger partial charge < -0.3 is 25.6 Å². The van der Waals surface area contributed by atoms with Crippen LogP contribution >= 0.6 is 11.6 Å². The third kappa shape index (κ3) is 6.22. The van der Waals surface area contributed by atoms with E-state index in [2.05, 4.69) is 20.8 Å². The van der Waals surface area contributed by atoms with Crippen LogP contribution in [-0.2, 0) is 16.0 Å². The molecule has 0 saturated heterocycles. The maximum absolute atomic E-state index is 13.2. The number of aromatic nitrogens is 3. The second kappa shape index (κ2) is 12.9. The molecule has 46 heavy (non-hydrogen) atoms. The zero-order chi connectivity index (χ0) is 32.4. The average Bonchev–Trinajstić information content (AvgIpc) is 3.38. The van der Waals surface area contributed by atoms with Gasteiger partial charge >= 0.3 is 0 Å². The van der Waals surface area contributed by atoms with Crippen LogP contribution in [0.25, 0.3) is 16.5 Å². The highest BCUT2D eigenvalue weighted by molar-refractivity contribution is 6.30. The summed E-state index contributed by atoms with van der Waals surface area (Å²) < 4.78 is 7.40. The summed E-state index contributed by atoms with van der Waals surface area (Å²) in [5.41, 5.74) is 3.90. The van der Waals surface area contributed by atoms with Crippen LogP contribution in [0.5, 0.6) is 17.2 Å². The number of fused-ring (bicyclic) bond motifs is 4. The highest BCUT2D eigenvalue weighted by Gasteiger charge is 2.30. The summed E-state index contributed by atoms with van der Waals surface area (Å²) in [4.78, 5) is 30.8. The molecule has 4 aromatic carbocycles. The van der Waals surface area contributed by atoms with Crippen LogP contribution in [0.4, 0.5) is 0 Å². The van der Waals surface area contributed by atoms with Crippen LogP contribution in [0.2, 0.25) is 5.02 Å². The number of halogens is 1. The number of hydrogen-bond donors (Lipinski definition) is 4. The first-order valence-electron chi connectivity index (χ1n) is 14.6. The van der Waals surface area contributed by atoms with E-state index in [0.29, 0.717) is 46.5 Å². The van der Waals surface area contributed by atoms with Crippen LogP contribution in [0.3, 0.4) is 0 Å². The largest absolute Gasteiger partial charge is 0.504 e. The number of nitrogens with zero attached hydrogens (tertiary/aromatic N) is 4. The third-order valence-electron chi connectivity index (χ3n) is 7.85. The molecular formula is C34H31ClN6O5. The van der Waals surface area contributed by atoms with Crippen molar-refractivity contribution < 1.29 is 24.5 Å². The molecule has 0 aliphatic carbocycles. The summed E-state index contributed by atoms with van der Waals surface area (Å²) in [5.74, 6) is 0.692. The summed E-state index contributed by atoms with van der Waals surface area (Å²) in [6.07, 6.45) is 0.427. The Hall–Kier alpha value is -5.42. The lowest BCUT2D eigenvalue weighted by molar-refractivity contribution is -0.126. The van der Waals surface area contributed by atoms with E-state index in [1.807, 2.05) is 54.0 Å². The fraction of sp³-hybridized carbons (Fsp3) is 0.206. The lowest BCUT2D eigenvalue weighted by Crippen LogP contribution is -2.38. The molecule has 1 aliphatic heterocycles. The summed E-state index contributed by atoms with van der Waals surface area (Å²) >= 11 is 6.17. The summed E-state index contributed by atoms with van der Waals surface area (Å²) in [6, 6.07) is 20.9. The molecule has 0 radical (unpaired) electrons. The van der Waals surface area contributed by atoms with Gasteiger partial charge in [0.25, 0.3) is 0 Å². The number of methoxy groups -OCH3 is 1. The molecule has 1 aliphatic rings. The van der Waals surface area contributed by atoms with Crippen LogP contribution in [0.1, 0.15) is 40.8 Å². The predicted octanol–water partition coefficient (Wildman–Crippen LogP) is 4.56. The average molecular weight is 639 g/mol. The highest BCUT2D eigenvalue weighted by atomic mass is 35.5. The summed E-state index contributed by atoms with van der Waals surface area (Å²) in [7, 11) is 1.60. The molecule has 234 valence electrons. The molecule has 0 bridgehead atoms. The van der Waals surface area contributed by atoms with Crippen molar-refractivity contribution >= 4 is 39.9 Å². The molecule has 12 heteroatoms. The maximum atomic E-state index is 13.2. The van der Waals surface area contributed by atoms with Gasteiger partial charge in [-0.1, -0.05) is 41.9 Å². The van der Waals surface area contributed by atoms with E-state index in [0.717, 1.165) is 27.8 Å². The number of amides is 2. The molecule has 1 aromatic heterocycles. The van der Waals surface area contributed by atoms with E-state index >= 15 is 0 Å². The monoisotopic (exact) mass is 638 g/mol. The first-order valence-corrected chi connectivity index (χ1v) is 15.0. The number of aromatic hydroxyl groups is 2. The Bertz CT molecular complexity index is 1990. The van der Waals surface area contributed by atoms with Gasteiger partial charge in [0, 0.05) is 28.1 Å². The fourth-order valence-corrected chi connectivity index (χ4v) is 5.63. The van der Waals surface area contributed by atoms with Crippen LogP contribution < -0.4 is 15.4 Å². The number of rotatable bonds is 9. The number of carbonyl (C=O) groups excluding carboxylic acids is 2. The maximum Gasteiger partial charge on any atom is 0.239 e. The van der Waals surface area contributed by atoms with Crippen LogP contribution in [0.15, 0.2) is 77.8 Å². The van der Waals surface area contributed by atoms with Crippen LogP contribution in [-0.4, -0.2) is 62.7 Å². The molecule has 6 rings (SSSR count). The summed E-state index contributed by atoms with van der Waals surface area (Å²) in [6.45, 7) is 1.94. The number of aliphatic imine (C=N–C) groups is 1. The lowest BCUT2D eigenvalue weighted by atomic mass is 10.00. The number of ether oxygens (including phenoxy) is 1. The van der Waals surface area contributed by atoms with Crippen molar-refractivity contribution in [2.24, 2.45) is 4.99 Å². The molecule has 0 spiro atoms. The Morgan fingerprint density at radius 3 is 2.52 bits per heavy atom. The van der Waals surface area contributed by atoms with Gasteiger partial charge in [-0.2, -0.15) is 0 Å². The number of carbonyl (C=O) groups is 2. The van der Waals surface area contributed by atoms with Gasteiger partial charge in [0.1, 0.15) is 17.6 Å². The smallest absolute Gasteiger partial charge is 0.239 e. The third-order valence-corrected chi connectivity index (χ3v) is 8.10. The predicted molar refractivity (Wildman–Crippen MR) is 174 cm³/mol. The van der Waals surface area contributed by atoms with Crippen molar-refractivity contribution in [1.82, 2.24) is 25.4 Å². The minimum atomic E-state index is -0.697. The van der Waals surface area contributed by atoms with Gasteiger partial charge in [-0.15, -0.1) is 10.2 Å². The number of aryl methyl sites for hydroxylation is 1. The molecule has 11 nitrogen and oxygen atoms in total. The molecule has 0 unspecified atom stereocenters. The molecule has 1 atom stereocenters. The first kappa shape index (κ1) is 30.6. The van der Waals surface area contributed by atoms with Gasteiger partial charge in [0.2, 0.25) is 11.8 Å². The molecule has 0 fully saturated rings. The second-order valence-electron chi connectivity index (χ2n) is 10.9. The molecular weight excluding hydrogens is 608 g/mol. The number of nitrogens with one attached hydrogen (secondary N) is 2.